The molecule has 1 fully saturated rings. The van der Waals surface area contributed by atoms with Crippen molar-refractivity contribution in [3.8, 4) is 5.75 Å². The van der Waals surface area contributed by atoms with E-state index >= 15 is 0 Å². The van der Waals surface area contributed by atoms with E-state index in [4.69, 9.17) is 4.74 Å². The van der Waals surface area contributed by atoms with Gasteiger partial charge in [-0.25, -0.2) is 17.5 Å². The van der Waals surface area contributed by atoms with Crippen LogP contribution in [0.15, 0.2) is 71.6 Å². The summed E-state index contributed by atoms with van der Waals surface area (Å²) in [5.41, 5.74) is 1.08. The molecule has 5 rings (SSSR count). The molecule has 1 saturated heterocycles. The molecule has 0 radical (unpaired) electrons. The molecule has 2 aliphatic heterocycles. The number of amides is 1. The topological polar surface area (TPSA) is 87.7 Å². The monoisotopic (exact) mass is 605 g/mol. The molecule has 3 aromatic rings. The van der Waals surface area contributed by atoms with E-state index in [2.05, 4.69) is 14.9 Å². The Labute approximate surface area is 241 Å². The molecule has 0 spiro atoms. The van der Waals surface area contributed by atoms with Crippen LogP contribution in [0, 0.1) is 5.82 Å². The number of ether oxygens (including phenoxy) is 1. The van der Waals surface area contributed by atoms with E-state index < -0.39 is 44.4 Å². The van der Waals surface area contributed by atoms with Crippen LogP contribution >= 0.6 is 0 Å². The fourth-order valence-electron chi connectivity index (χ4n) is 5.34. The molecule has 0 aliphatic carbocycles. The Morgan fingerprint density at radius 1 is 1.02 bits per heavy atom. The number of sulfonamides is 1. The van der Waals surface area contributed by atoms with E-state index in [9.17, 15) is 30.8 Å². The zero-order chi connectivity index (χ0) is 29.9. The Balaban J connectivity index is 1.33. The molecule has 0 saturated carbocycles. The standard InChI is InChI=1S/C30H31F4N3O4S/c31-23-9-7-21(8-10-23)27(36-42(39,40)24-5-3-4-22(17-24)30(32,33)34)18-29(38)35-26-12-15-41-28-16-20(6-11-25(26)28)19-37-13-1-2-14-37/h3-11,16-17,26-27,36H,1-2,12-15,18-19H2,(H,35,38)/t26-,27-/m1/s1. The molecular weight excluding hydrogens is 574 g/mol. The summed E-state index contributed by atoms with van der Waals surface area (Å²) in [5, 5.41) is 2.95. The molecule has 1 amide bonds. The van der Waals surface area contributed by atoms with E-state index in [1.165, 1.54) is 25.0 Å². The molecule has 224 valence electrons. The molecular formula is C30H31F4N3O4S. The predicted molar refractivity (Wildman–Crippen MR) is 147 cm³/mol. The van der Waals surface area contributed by atoms with Crippen LogP contribution in [-0.4, -0.2) is 38.9 Å². The van der Waals surface area contributed by atoms with Crippen LogP contribution in [0.3, 0.4) is 0 Å². The fourth-order valence-corrected chi connectivity index (χ4v) is 6.61. The third kappa shape index (κ3) is 7.29. The van der Waals surface area contributed by atoms with Crippen LogP contribution in [0.4, 0.5) is 17.6 Å². The summed E-state index contributed by atoms with van der Waals surface area (Å²) >= 11 is 0. The van der Waals surface area contributed by atoms with Crippen molar-refractivity contribution in [2.45, 2.75) is 55.4 Å². The minimum atomic E-state index is -4.74. The number of halogens is 4. The second kappa shape index (κ2) is 12.4. The van der Waals surface area contributed by atoms with E-state index in [1.54, 1.807) is 0 Å². The van der Waals surface area contributed by atoms with Crippen LogP contribution in [0.1, 0.15) is 60.0 Å². The van der Waals surface area contributed by atoms with Crippen LogP contribution in [-0.2, 0) is 27.5 Å². The number of alkyl halides is 3. The fraction of sp³-hybridized carbons (Fsp3) is 0.367. The predicted octanol–water partition coefficient (Wildman–Crippen LogP) is 5.49. The molecule has 12 heteroatoms. The minimum absolute atomic E-state index is 0.279. The minimum Gasteiger partial charge on any atom is -0.493 e. The number of nitrogens with zero attached hydrogens (tertiary/aromatic N) is 1. The van der Waals surface area contributed by atoms with Crippen molar-refractivity contribution >= 4 is 15.9 Å². The van der Waals surface area contributed by atoms with E-state index in [-0.39, 0.29) is 18.0 Å². The molecule has 42 heavy (non-hydrogen) atoms. The van der Waals surface area contributed by atoms with Gasteiger partial charge in [0, 0.05) is 24.9 Å². The highest BCUT2D eigenvalue weighted by atomic mass is 32.2. The number of nitrogens with one attached hydrogen (secondary N) is 2. The van der Waals surface area contributed by atoms with Crippen molar-refractivity contribution in [2.24, 2.45) is 0 Å². The van der Waals surface area contributed by atoms with E-state index in [0.29, 0.717) is 24.8 Å². The van der Waals surface area contributed by atoms with Crippen LogP contribution in [0.25, 0.3) is 0 Å². The Morgan fingerprint density at radius 3 is 2.48 bits per heavy atom. The Hall–Kier alpha value is -3.48. The Morgan fingerprint density at radius 2 is 1.76 bits per heavy atom. The molecule has 2 aliphatic rings. The molecule has 0 bridgehead atoms. The summed E-state index contributed by atoms with van der Waals surface area (Å²) in [6.07, 6.45) is -2.24. The van der Waals surface area contributed by atoms with Gasteiger partial charge in [-0.3, -0.25) is 9.69 Å². The zero-order valence-corrected chi connectivity index (χ0v) is 23.5. The highest BCUT2D eigenvalue weighted by Gasteiger charge is 2.33. The SMILES string of the molecule is O=C(C[C@@H](NS(=O)(=O)c1cccc(C(F)(F)F)c1)c1ccc(F)cc1)N[C@@H]1CCOc2cc(CN3CCCC3)ccc21. The van der Waals surface area contributed by atoms with Gasteiger partial charge in [-0.05, 0) is 73.5 Å². The van der Waals surface area contributed by atoms with Crippen LogP contribution < -0.4 is 14.8 Å². The van der Waals surface area contributed by atoms with E-state index in [1.807, 2.05) is 18.2 Å². The van der Waals surface area contributed by atoms with Gasteiger partial charge in [0.05, 0.1) is 29.1 Å². The van der Waals surface area contributed by atoms with Crippen LogP contribution in [0.5, 0.6) is 5.75 Å². The average Bonchev–Trinajstić information content (AvgIpc) is 3.46. The Bertz CT molecular complexity index is 1520. The van der Waals surface area contributed by atoms with Gasteiger partial charge in [0.25, 0.3) is 0 Å². The van der Waals surface area contributed by atoms with Gasteiger partial charge in [0.1, 0.15) is 11.6 Å². The van der Waals surface area contributed by atoms with Crippen molar-refractivity contribution in [2.75, 3.05) is 19.7 Å². The number of carbonyl (C=O) groups excluding carboxylic acids is 1. The first-order valence-electron chi connectivity index (χ1n) is 13.7. The number of fused-ring (bicyclic) bond motifs is 1. The number of likely N-dealkylation sites (tertiary alicyclic amines) is 1. The lowest BCUT2D eigenvalue weighted by Gasteiger charge is -2.28. The van der Waals surface area contributed by atoms with Gasteiger partial charge in [-0.2, -0.15) is 13.2 Å². The van der Waals surface area contributed by atoms with Crippen molar-refractivity contribution in [1.82, 2.24) is 14.9 Å². The molecule has 0 aromatic heterocycles. The number of hydrogen-bond donors (Lipinski definition) is 2. The molecule has 0 unspecified atom stereocenters. The highest BCUT2D eigenvalue weighted by molar-refractivity contribution is 7.89. The molecule has 2 heterocycles. The van der Waals surface area contributed by atoms with Gasteiger partial charge in [-0.15, -0.1) is 0 Å². The lowest BCUT2D eigenvalue weighted by atomic mass is 9.97. The second-order valence-corrected chi connectivity index (χ2v) is 12.3. The summed E-state index contributed by atoms with van der Waals surface area (Å²) in [6, 6.07) is 12.6. The van der Waals surface area contributed by atoms with Gasteiger partial charge >= 0.3 is 6.18 Å². The quantitative estimate of drug-likeness (QED) is 0.315. The number of carbonyl (C=O) groups is 1. The average molecular weight is 606 g/mol. The van der Waals surface area contributed by atoms with E-state index in [0.717, 1.165) is 61.1 Å². The molecule has 2 atom stereocenters. The maximum atomic E-state index is 13.6. The van der Waals surface area contributed by atoms with Gasteiger partial charge in [0.15, 0.2) is 0 Å². The van der Waals surface area contributed by atoms with Gasteiger partial charge < -0.3 is 10.1 Å². The smallest absolute Gasteiger partial charge is 0.416 e. The first kappa shape index (κ1) is 30.0. The summed E-state index contributed by atoms with van der Waals surface area (Å²) in [4.78, 5) is 15.0. The zero-order valence-electron chi connectivity index (χ0n) is 22.7. The number of hydrogen-bond acceptors (Lipinski definition) is 5. The summed E-state index contributed by atoms with van der Waals surface area (Å²) in [7, 11) is -4.49. The van der Waals surface area contributed by atoms with Crippen molar-refractivity contribution in [3.05, 3.63) is 94.8 Å². The molecule has 3 aromatic carbocycles. The molecule has 7 nitrogen and oxygen atoms in total. The molecule has 2 N–H and O–H groups in total. The van der Waals surface area contributed by atoms with Gasteiger partial charge in [-0.1, -0.05) is 30.3 Å². The third-order valence-corrected chi connectivity index (χ3v) is 8.96. The maximum absolute atomic E-state index is 13.6. The lowest BCUT2D eigenvalue weighted by molar-refractivity contribution is -0.137. The maximum Gasteiger partial charge on any atom is 0.416 e. The number of rotatable bonds is 9. The summed E-state index contributed by atoms with van der Waals surface area (Å²) in [5.74, 6) is -0.371. The van der Waals surface area contributed by atoms with Crippen molar-refractivity contribution in [3.63, 3.8) is 0 Å². The first-order chi connectivity index (χ1) is 20.0. The summed E-state index contributed by atoms with van der Waals surface area (Å²) in [6.45, 7) is 3.32. The lowest BCUT2D eigenvalue weighted by Crippen LogP contribution is -2.36. The van der Waals surface area contributed by atoms with Gasteiger partial charge in [0.2, 0.25) is 15.9 Å². The summed E-state index contributed by atoms with van der Waals surface area (Å²) < 4.78 is 87.8. The van der Waals surface area contributed by atoms with Crippen molar-refractivity contribution in [1.29, 1.82) is 0 Å². The van der Waals surface area contributed by atoms with Crippen LogP contribution in [0.2, 0.25) is 0 Å². The largest absolute Gasteiger partial charge is 0.493 e. The normalized spacial score (nSPS) is 18.2. The Kier molecular flexibility index (Phi) is 8.86. The highest BCUT2D eigenvalue weighted by Crippen LogP contribution is 2.34. The first-order valence-corrected chi connectivity index (χ1v) is 15.2. The number of benzene rings is 3. The second-order valence-electron chi connectivity index (χ2n) is 10.6. The third-order valence-electron chi connectivity index (χ3n) is 7.49. The van der Waals surface area contributed by atoms with Crippen molar-refractivity contribution < 1.29 is 35.5 Å².